The van der Waals surface area contributed by atoms with Gasteiger partial charge in [0.15, 0.2) is 5.65 Å². The van der Waals surface area contributed by atoms with E-state index in [-0.39, 0.29) is 41.6 Å². The van der Waals surface area contributed by atoms with Crippen molar-refractivity contribution in [2.45, 2.75) is 50.0 Å². The van der Waals surface area contributed by atoms with Gasteiger partial charge in [-0.3, -0.25) is 4.79 Å². The summed E-state index contributed by atoms with van der Waals surface area (Å²) in [5, 5.41) is 28.7. The fourth-order valence-corrected chi connectivity index (χ4v) is 7.22. The highest BCUT2D eigenvalue weighted by molar-refractivity contribution is 5.91. The summed E-state index contributed by atoms with van der Waals surface area (Å²) in [4.78, 5) is 32.6. The van der Waals surface area contributed by atoms with Crippen molar-refractivity contribution in [3.63, 3.8) is 0 Å². The number of rotatable bonds is 7. The highest BCUT2D eigenvalue weighted by atomic mass is 19.1. The third-order valence-corrected chi connectivity index (χ3v) is 10.3. The third kappa shape index (κ3) is 6.46. The first-order valence-corrected chi connectivity index (χ1v) is 18.0. The number of carbonyl (C=O) groups excluding carboxylic acids is 1. The van der Waals surface area contributed by atoms with E-state index in [0.29, 0.717) is 65.6 Å². The molecule has 17 heteroatoms. The quantitative estimate of drug-likeness (QED) is 0.168. The molecule has 10 rings (SSSR count). The number of aliphatic hydroxyl groups excluding tert-OH is 2. The van der Waals surface area contributed by atoms with Crippen LogP contribution in [0.4, 0.5) is 14.6 Å². The lowest BCUT2D eigenvalue weighted by Crippen LogP contribution is -2.30. The van der Waals surface area contributed by atoms with Gasteiger partial charge in [-0.1, -0.05) is 11.7 Å². The molecule has 8 aromatic rings. The maximum absolute atomic E-state index is 13.4. The predicted molar refractivity (Wildman–Crippen MR) is 203 cm³/mol. The molecule has 6 heterocycles. The first-order valence-electron chi connectivity index (χ1n) is 18.0. The molecule has 2 aromatic carbocycles. The van der Waals surface area contributed by atoms with Crippen LogP contribution < -0.4 is 5.73 Å². The first kappa shape index (κ1) is 35.5. The molecular formula is C40H32F2N12O3. The van der Waals surface area contributed by atoms with Gasteiger partial charge in [0.25, 0.3) is 11.7 Å². The summed E-state index contributed by atoms with van der Waals surface area (Å²) in [6, 6.07) is 19.6. The molecule has 2 aliphatic carbocycles. The molecule has 0 saturated heterocycles. The third-order valence-electron chi connectivity index (χ3n) is 10.3. The fraction of sp³-hybridized carbons (Fsp3) is 0.200. The van der Waals surface area contributed by atoms with Gasteiger partial charge in [0.1, 0.15) is 28.7 Å². The summed E-state index contributed by atoms with van der Waals surface area (Å²) in [5.41, 5.74) is 12.2. The number of hydrogen-bond donors (Lipinski definition) is 3. The zero-order chi connectivity index (χ0) is 39.4. The second kappa shape index (κ2) is 14.2. The molecule has 2 aliphatic rings. The van der Waals surface area contributed by atoms with Gasteiger partial charge in [-0.25, -0.2) is 33.2 Å². The van der Waals surface area contributed by atoms with Crippen LogP contribution in [0.15, 0.2) is 97.8 Å². The zero-order valence-electron chi connectivity index (χ0n) is 29.9. The second-order valence-electron chi connectivity index (χ2n) is 14.0. The van der Waals surface area contributed by atoms with Gasteiger partial charge in [0.05, 0.1) is 60.0 Å². The monoisotopic (exact) mass is 766 g/mol. The molecule has 0 unspecified atom stereocenters. The number of primary amides is 1. The maximum atomic E-state index is 13.4. The number of nitrogens with zero attached hydrogens (tertiary/aromatic N) is 11. The molecular weight excluding hydrogens is 735 g/mol. The molecule has 0 radical (unpaired) electrons. The molecule has 2 fully saturated rings. The normalized spacial score (nSPS) is 18.7. The molecule has 4 N–H and O–H groups in total. The van der Waals surface area contributed by atoms with Gasteiger partial charge in [-0.15, -0.1) is 4.52 Å². The molecule has 57 heavy (non-hydrogen) atoms. The van der Waals surface area contributed by atoms with Crippen LogP contribution in [0.2, 0.25) is 0 Å². The number of hydrogen-bond acceptors (Lipinski definition) is 9. The minimum Gasteiger partial charge on any atom is -0.393 e. The molecule has 0 bridgehead atoms. The van der Waals surface area contributed by atoms with Crippen LogP contribution in [0.3, 0.4) is 0 Å². The van der Waals surface area contributed by atoms with Gasteiger partial charge in [-0.05, 0) is 92.4 Å². The number of fused-ring (bicyclic) bond motifs is 2. The summed E-state index contributed by atoms with van der Waals surface area (Å²) in [5.74, 6) is -0.950. The van der Waals surface area contributed by atoms with E-state index in [0.717, 1.165) is 22.5 Å². The lowest BCUT2D eigenvalue weighted by atomic mass is 9.89. The van der Waals surface area contributed by atoms with Gasteiger partial charge in [-0.2, -0.15) is 5.10 Å². The van der Waals surface area contributed by atoms with E-state index in [9.17, 15) is 23.8 Å². The van der Waals surface area contributed by atoms with Crippen molar-refractivity contribution in [1.29, 1.82) is 0 Å². The van der Waals surface area contributed by atoms with E-state index in [1.165, 1.54) is 45.7 Å². The van der Waals surface area contributed by atoms with Crippen LogP contribution in [0.1, 0.15) is 48.3 Å². The SMILES string of the molecule is NC(=O)c1cnc2ccc(-c3c(-c4ccc(F)cc4)ncn3C3CC(O)C3)nn12.[C-]#[N+]c1cnc2ccc(-c3c(-c4ccc(F)cc4)ncn3C3CC(O)C3)nn12. The molecule has 0 aliphatic heterocycles. The van der Waals surface area contributed by atoms with Crippen LogP contribution in [0.5, 0.6) is 0 Å². The molecule has 0 atom stereocenters. The topological polar surface area (TPSA) is 184 Å². The fourth-order valence-electron chi connectivity index (χ4n) is 7.22. The Morgan fingerprint density at radius 1 is 0.667 bits per heavy atom. The summed E-state index contributed by atoms with van der Waals surface area (Å²) in [6.07, 6.45) is 8.19. The Kier molecular flexibility index (Phi) is 8.83. The Bertz CT molecular complexity index is 2830. The number of carbonyl (C=O) groups is 1. The predicted octanol–water partition coefficient (Wildman–Crippen LogP) is 5.84. The number of benzene rings is 2. The first-order chi connectivity index (χ1) is 27.6. The number of halogens is 2. The van der Waals surface area contributed by atoms with Gasteiger partial charge >= 0.3 is 0 Å². The van der Waals surface area contributed by atoms with Gasteiger partial charge in [0.2, 0.25) is 5.65 Å². The second-order valence-corrected chi connectivity index (χ2v) is 14.0. The lowest BCUT2D eigenvalue weighted by Gasteiger charge is -2.33. The van der Waals surface area contributed by atoms with Crippen LogP contribution in [0, 0.1) is 18.2 Å². The van der Waals surface area contributed by atoms with E-state index < -0.39 is 5.91 Å². The largest absolute Gasteiger partial charge is 0.393 e. The van der Waals surface area contributed by atoms with E-state index in [1.807, 2.05) is 15.2 Å². The number of amides is 1. The van der Waals surface area contributed by atoms with E-state index >= 15 is 0 Å². The van der Waals surface area contributed by atoms with Crippen molar-refractivity contribution in [3.8, 4) is 45.3 Å². The number of aromatic nitrogens is 10. The van der Waals surface area contributed by atoms with Crippen LogP contribution >= 0.6 is 0 Å². The smallest absolute Gasteiger partial charge is 0.275 e. The summed E-state index contributed by atoms with van der Waals surface area (Å²) in [6.45, 7) is 7.30. The average Bonchev–Trinajstić information content (AvgIpc) is 4.00. The van der Waals surface area contributed by atoms with E-state index in [4.69, 9.17) is 12.3 Å². The summed E-state index contributed by atoms with van der Waals surface area (Å²) >= 11 is 0. The standard InChI is InChI=1S/C20H17FN6O2.C20H15FN6O/c21-12-3-1-11(2-4-12)18-19(26(10-24-18)13-7-14(28)8-13)15-5-6-17-23-9-16(20(22)29)27(17)25-15;1-22-18-10-23-17-7-6-16(25-27(17)18)20-19(12-2-4-13(21)5-3-12)24-11-26(20)14-8-15(28)9-14/h1-6,9-10,13-14,28H,7-8H2,(H2,22,29);2-7,10-11,14-15,28H,8-9H2. The van der Waals surface area contributed by atoms with Gasteiger partial charge in [0, 0.05) is 29.3 Å². The minimum atomic E-state index is -0.628. The van der Waals surface area contributed by atoms with Crippen LogP contribution in [-0.4, -0.2) is 76.6 Å². The van der Waals surface area contributed by atoms with Crippen molar-refractivity contribution in [1.82, 2.24) is 48.3 Å². The molecule has 284 valence electrons. The number of nitrogens with two attached hydrogens (primary N) is 1. The van der Waals surface area contributed by atoms with Crippen LogP contribution in [0.25, 0.3) is 61.4 Å². The highest BCUT2D eigenvalue weighted by Gasteiger charge is 2.33. The lowest BCUT2D eigenvalue weighted by molar-refractivity contribution is 0.0488. The van der Waals surface area contributed by atoms with Crippen molar-refractivity contribution < 1.29 is 23.8 Å². The molecule has 1 amide bonds. The zero-order valence-corrected chi connectivity index (χ0v) is 29.9. The van der Waals surface area contributed by atoms with Crippen molar-refractivity contribution in [2.24, 2.45) is 5.73 Å². The minimum absolute atomic E-state index is 0.0811. The van der Waals surface area contributed by atoms with Crippen molar-refractivity contribution >= 4 is 23.0 Å². The Morgan fingerprint density at radius 3 is 1.58 bits per heavy atom. The Balaban J connectivity index is 0.000000148. The Hall–Kier alpha value is -7.16. The van der Waals surface area contributed by atoms with E-state index in [2.05, 4.69) is 35.0 Å². The van der Waals surface area contributed by atoms with Crippen molar-refractivity contribution in [3.05, 3.63) is 127 Å². The maximum Gasteiger partial charge on any atom is 0.275 e. The molecule has 6 aromatic heterocycles. The summed E-state index contributed by atoms with van der Waals surface area (Å²) < 4.78 is 33.7. The highest BCUT2D eigenvalue weighted by Crippen LogP contribution is 2.41. The number of aliphatic hydroxyl groups is 2. The summed E-state index contributed by atoms with van der Waals surface area (Å²) in [7, 11) is 0. The van der Waals surface area contributed by atoms with Crippen molar-refractivity contribution in [2.75, 3.05) is 0 Å². The van der Waals surface area contributed by atoms with Crippen LogP contribution in [-0.2, 0) is 0 Å². The average molecular weight is 767 g/mol. The Morgan fingerprint density at radius 2 is 1.12 bits per heavy atom. The van der Waals surface area contributed by atoms with Gasteiger partial charge < -0.3 is 29.9 Å². The molecule has 15 nitrogen and oxygen atoms in total. The number of imidazole rings is 4. The Labute approximate surface area is 322 Å². The van der Waals surface area contributed by atoms with E-state index in [1.54, 1.807) is 55.1 Å². The molecule has 2 saturated carbocycles. The molecule has 0 spiro atoms.